The van der Waals surface area contributed by atoms with Gasteiger partial charge in [-0.3, -0.25) is 37.5 Å². The van der Waals surface area contributed by atoms with Gasteiger partial charge >= 0.3 is 0 Å². The fraction of sp³-hybridized carbons (Fsp3) is 0.0625. The zero-order chi connectivity index (χ0) is 90.7. The van der Waals surface area contributed by atoms with Gasteiger partial charge < -0.3 is 0 Å². The van der Waals surface area contributed by atoms with Crippen LogP contribution in [0.25, 0.3) is 243 Å². The van der Waals surface area contributed by atoms with E-state index in [2.05, 4.69) is 333 Å². The SMILES string of the molecule is c1ccc2c(c1)Cc1c-2ccc2c1Cc1ccc3c4ncccc4n4c5ccccc5nc4c3c1-2.c1ccc2c(c1)Cc1cc3c(cc1-2)-c1c(ccc2c4ncccc4n4c5ccccc5nc4c12)C3.c1ccc2c(c1)Cc1cc3c(cc1-2)Cc1ccc2c4ncccc4n4c5ccccc5nc4c2c1-3.c1ccc2c(c1)Cc1ccc3c(c1-2)Cc1ccc2c4ncccc4n4c5ccccc5nc4c2c1-3. The van der Waals surface area contributed by atoms with Gasteiger partial charge in [-0.05, 0) is 345 Å². The lowest BCUT2D eigenvalue weighted by atomic mass is 9.94. The molecule has 12 nitrogen and oxygen atoms in total. The number of pyridine rings is 8. The van der Waals surface area contributed by atoms with Gasteiger partial charge in [0, 0.05) is 67.9 Å². The number of para-hydroxylation sites is 8. The highest BCUT2D eigenvalue weighted by Crippen LogP contribution is 2.57. The molecular weight excluding hydrogens is 1710 g/mol. The molecule has 0 radical (unpaired) electrons. The first kappa shape index (κ1) is 75.3. The monoisotopic (exact) mass is 1780 g/mol. The van der Waals surface area contributed by atoms with Gasteiger partial charge in [0.25, 0.3) is 0 Å². The summed E-state index contributed by atoms with van der Waals surface area (Å²) in [5.74, 6) is 0. The first-order valence-electron chi connectivity index (χ1n) is 48.8. The van der Waals surface area contributed by atoms with Crippen molar-refractivity contribution in [1.29, 1.82) is 0 Å². The molecule has 0 spiro atoms. The fourth-order valence-corrected chi connectivity index (χ4v) is 26.5. The van der Waals surface area contributed by atoms with E-state index in [0.717, 1.165) is 162 Å². The highest BCUT2D eigenvalue weighted by molar-refractivity contribution is 6.24. The molecule has 0 atom stereocenters. The summed E-state index contributed by atoms with van der Waals surface area (Å²) in [6.45, 7) is 0. The lowest BCUT2D eigenvalue weighted by Gasteiger charge is -2.13. The molecule has 28 aromatic rings. The Morgan fingerprint density at radius 3 is 0.893 bits per heavy atom. The number of fused-ring (bicyclic) bond motifs is 62. The Balaban J connectivity index is 0.0000000829. The van der Waals surface area contributed by atoms with E-state index in [-0.39, 0.29) is 0 Å². The maximum atomic E-state index is 5.19. The van der Waals surface area contributed by atoms with Crippen molar-refractivity contribution in [2.75, 3.05) is 0 Å². The molecule has 0 unspecified atom stereocenters. The van der Waals surface area contributed by atoms with Gasteiger partial charge in [0.2, 0.25) is 0 Å². The molecule has 8 aliphatic carbocycles. The second kappa shape index (κ2) is 27.9. The highest BCUT2D eigenvalue weighted by atomic mass is 15.1. The van der Waals surface area contributed by atoms with E-state index in [1.165, 1.54) is 221 Å². The second-order valence-electron chi connectivity index (χ2n) is 39.2. The molecule has 12 heteroatoms. The van der Waals surface area contributed by atoms with E-state index < -0.39 is 0 Å². The molecule has 0 saturated carbocycles. The summed E-state index contributed by atoms with van der Waals surface area (Å²) in [4.78, 5) is 40.2. The Morgan fingerprint density at radius 1 is 0.164 bits per heavy atom. The molecule has 36 rings (SSSR count). The Kier molecular flexibility index (Phi) is 15.0. The summed E-state index contributed by atoms with van der Waals surface area (Å²) in [5, 5.41) is 9.59. The molecule has 16 aromatic carbocycles. The molecule has 0 bridgehead atoms. The van der Waals surface area contributed by atoms with E-state index in [4.69, 9.17) is 39.9 Å². The Bertz CT molecular complexity index is 10300. The maximum absolute atomic E-state index is 5.19. The lowest BCUT2D eigenvalue weighted by Crippen LogP contribution is -1.95. The quantitative estimate of drug-likeness (QED) is 0.138. The smallest absolute Gasteiger partial charge is 0.147 e. The van der Waals surface area contributed by atoms with Crippen molar-refractivity contribution in [3.8, 4) is 89.0 Å². The molecule has 648 valence electrons. The number of nitrogens with zero attached hydrogens (tertiary/aromatic N) is 12. The van der Waals surface area contributed by atoms with Crippen LogP contribution in [0.4, 0.5) is 0 Å². The fourth-order valence-electron chi connectivity index (χ4n) is 26.5. The van der Waals surface area contributed by atoms with Crippen LogP contribution < -0.4 is 0 Å². The standard InChI is InChI=1S/4C32H19N3/c1-2-7-21-18(6-1)16-19-11-13-22-24(28(19)21)17-20-12-14-23-30(29(20)22)32-34-25-8-3-4-9-26(25)35(32)27-10-5-15-33-31(23)27;1-2-7-20-18(6-1)16-24-21(20)13-14-22-25(24)17-19-11-12-23-30(29(19)22)32-34-26-8-3-4-9-27(26)35(32)28-10-5-15-33-31(23)28;1-2-7-22-18(6-1)14-20-17-25-21(16-24(20)22)15-19-11-12-23-30(29(19)25)32-34-26-8-3-4-9-27(26)35(32)28-10-5-13-33-31(23)28;1-2-7-22-18(6-1)14-20-16-21-15-19-11-12-23-30(29(19)25(21)17-24(20)22)32-34-26-8-3-4-9-27(26)35(32)28-10-5-13-33-31(23)28/h2*1-15H,16-17H2;2*1-13,16-17H,14-15H2. The number of rotatable bonds is 0. The minimum atomic E-state index is 0.961. The zero-order valence-corrected chi connectivity index (χ0v) is 75.7. The van der Waals surface area contributed by atoms with Gasteiger partial charge in [0.15, 0.2) is 0 Å². The van der Waals surface area contributed by atoms with E-state index in [1.807, 2.05) is 49.1 Å². The third kappa shape index (κ3) is 10.2. The third-order valence-electron chi connectivity index (χ3n) is 32.2. The van der Waals surface area contributed by atoms with Gasteiger partial charge in [-0.2, -0.15) is 0 Å². The lowest BCUT2D eigenvalue weighted by molar-refractivity contribution is 1.16. The minimum Gasteiger partial charge on any atom is -0.290 e. The maximum Gasteiger partial charge on any atom is 0.147 e. The highest BCUT2D eigenvalue weighted by Gasteiger charge is 2.37. The van der Waals surface area contributed by atoms with Crippen LogP contribution in [0.15, 0.2) is 365 Å². The van der Waals surface area contributed by atoms with Crippen molar-refractivity contribution in [3.05, 3.63) is 454 Å². The molecule has 12 heterocycles. The topological polar surface area (TPSA) is 121 Å². The first-order valence-corrected chi connectivity index (χ1v) is 48.8. The molecule has 0 N–H and O–H groups in total. The summed E-state index contributed by atoms with van der Waals surface area (Å²) in [5.41, 5.74) is 66.1. The first-order chi connectivity index (χ1) is 69.4. The van der Waals surface area contributed by atoms with Gasteiger partial charge in [-0.1, -0.05) is 224 Å². The van der Waals surface area contributed by atoms with E-state index in [1.54, 1.807) is 0 Å². The van der Waals surface area contributed by atoms with Crippen LogP contribution in [-0.4, -0.2) is 57.5 Å². The van der Waals surface area contributed by atoms with E-state index in [0.29, 0.717) is 0 Å². The molecule has 0 aliphatic heterocycles. The van der Waals surface area contributed by atoms with E-state index >= 15 is 0 Å². The molecular formula is C128H76N12. The summed E-state index contributed by atoms with van der Waals surface area (Å²) in [6.07, 6.45) is 15.6. The normalized spacial score (nSPS) is 13.5. The van der Waals surface area contributed by atoms with Crippen LogP contribution in [0.1, 0.15) is 89.0 Å². The average molecular weight is 1780 g/mol. The third-order valence-corrected chi connectivity index (χ3v) is 32.2. The van der Waals surface area contributed by atoms with Crippen molar-refractivity contribution < 1.29 is 0 Å². The van der Waals surface area contributed by atoms with Crippen LogP contribution in [0.3, 0.4) is 0 Å². The molecule has 8 aliphatic rings. The van der Waals surface area contributed by atoms with Crippen molar-refractivity contribution in [2.24, 2.45) is 0 Å². The summed E-state index contributed by atoms with van der Waals surface area (Å²) in [6, 6.07) is 123. The van der Waals surface area contributed by atoms with Crippen LogP contribution in [0.5, 0.6) is 0 Å². The largest absolute Gasteiger partial charge is 0.290 e. The van der Waals surface area contributed by atoms with Crippen LogP contribution in [0.2, 0.25) is 0 Å². The number of hydrogen-bond acceptors (Lipinski definition) is 8. The summed E-state index contributed by atoms with van der Waals surface area (Å²) in [7, 11) is 0. The van der Waals surface area contributed by atoms with Crippen molar-refractivity contribution >= 4 is 154 Å². The number of imidazole rings is 4. The van der Waals surface area contributed by atoms with Gasteiger partial charge in [0.05, 0.1) is 88.3 Å². The summed E-state index contributed by atoms with van der Waals surface area (Å²) >= 11 is 0. The average Bonchev–Trinajstić information content (AvgIpc) is 1.55. The molecule has 0 fully saturated rings. The predicted molar refractivity (Wildman–Crippen MR) is 568 cm³/mol. The molecule has 140 heavy (non-hydrogen) atoms. The molecule has 0 saturated heterocycles. The zero-order valence-electron chi connectivity index (χ0n) is 75.7. The number of benzene rings is 16. The van der Waals surface area contributed by atoms with Gasteiger partial charge in [-0.15, -0.1) is 0 Å². The van der Waals surface area contributed by atoms with Crippen molar-refractivity contribution in [1.82, 2.24) is 57.5 Å². The Hall–Kier alpha value is -18.0. The van der Waals surface area contributed by atoms with Crippen molar-refractivity contribution in [3.63, 3.8) is 0 Å². The molecule has 12 aromatic heterocycles. The summed E-state index contributed by atoms with van der Waals surface area (Å²) < 4.78 is 9.23. The number of hydrogen-bond donors (Lipinski definition) is 0. The Labute approximate surface area is 799 Å². The van der Waals surface area contributed by atoms with Crippen LogP contribution in [0, 0.1) is 0 Å². The van der Waals surface area contributed by atoms with Gasteiger partial charge in [-0.25, -0.2) is 19.9 Å². The minimum absolute atomic E-state index is 0.961. The van der Waals surface area contributed by atoms with Gasteiger partial charge in [0.1, 0.15) is 22.6 Å². The van der Waals surface area contributed by atoms with Crippen LogP contribution in [-0.2, 0) is 51.4 Å². The second-order valence-corrected chi connectivity index (χ2v) is 39.2. The molecule has 0 amide bonds. The van der Waals surface area contributed by atoms with Crippen LogP contribution >= 0.6 is 0 Å². The van der Waals surface area contributed by atoms with Crippen molar-refractivity contribution in [2.45, 2.75) is 51.4 Å². The number of aromatic nitrogens is 12. The van der Waals surface area contributed by atoms with E-state index in [9.17, 15) is 0 Å². The predicted octanol–water partition coefficient (Wildman–Crippen LogP) is 29.3. The Morgan fingerprint density at radius 2 is 0.436 bits per heavy atom.